The normalized spacial score (nSPS) is 17.4. The summed E-state index contributed by atoms with van der Waals surface area (Å²) in [4.78, 5) is 34.5. The van der Waals surface area contributed by atoms with Crippen LogP contribution in [0, 0.1) is 0 Å². The summed E-state index contributed by atoms with van der Waals surface area (Å²) in [5.74, 6) is -0.851. The highest BCUT2D eigenvalue weighted by molar-refractivity contribution is 5.99. The fourth-order valence-corrected chi connectivity index (χ4v) is 1.40. The molecule has 1 rings (SSSR count). The fraction of sp³-hybridized carbons (Fsp3) is 0.667. The predicted octanol–water partition coefficient (Wildman–Crippen LogP) is -1.10. The first-order valence-electron chi connectivity index (χ1n) is 4.73. The highest BCUT2D eigenvalue weighted by Crippen LogP contribution is 1.99. The van der Waals surface area contributed by atoms with Crippen LogP contribution in [0.3, 0.4) is 0 Å². The van der Waals surface area contributed by atoms with Crippen LogP contribution in [0.4, 0.5) is 0 Å². The molecule has 0 aromatic rings. The Kier molecular flexibility index (Phi) is 4.23. The monoisotopic (exact) mass is 214 g/mol. The molecule has 1 saturated heterocycles. The number of methoxy groups -OCH3 is 1. The Labute approximate surface area is 87.6 Å². The van der Waals surface area contributed by atoms with Gasteiger partial charge in [0.25, 0.3) is 0 Å². The van der Waals surface area contributed by atoms with Crippen molar-refractivity contribution in [2.75, 3.05) is 26.7 Å². The molecule has 1 N–H and O–H groups in total. The van der Waals surface area contributed by atoms with E-state index >= 15 is 0 Å². The molecule has 0 radical (unpaired) electrons. The van der Waals surface area contributed by atoms with E-state index in [9.17, 15) is 14.4 Å². The van der Waals surface area contributed by atoms with E-state index in [0.29, 0.717) is 19.4 Å². The zero-order valence-electron chi connectivity index (χ0n) is 8.62. The number of hydrogen-bond donors (Lipinski definition) is 1. The molecule has 0 aromatic heterocycles. The van der Waals surface area contributed by atoms with Crippen molar-refractivity contribution < 1.29 is 19.1 Å². The van der Waals surface area contributed by atoms with Crippen molar-refractivity contribution in [1.82, 2.24) is 10.2 Å². The Morgan fingerprint density at radius 2 is 2.00 bits per heavy atom. The van der Waals surface area contributed by atoms with Gasteiger partial charge in [-0.3, -0.25) is 24.6 Å². The number of carbonyl (C=O) groups excluding carboxylic acids is 3. The third-order valence-corrected chi connectivity index (χ3v) is 2.10. The number of nitrogens with zero attached hydrogens (tertiary/aromatic N) is 1. The van der Waals surface area contributed by atoms with Gasteiger partial charge in [0.1, 0.15) is 0 Å². The van der Waals surface area contributed by atoms with Crippen LogP contribution in [-0.4, -0.2) is 49.4 Å². The Hall–Kier alpha value is -1.43. The maximum atomic E-state index is 11.0. The molecule has 0 bridgehead atoms. The summed E-state index contributed by atoms with van der Waals surface area (Å²) in [7, 11) is 1.33. The molecule has 0 unspecified atom stereocenters. The average molecular weight is 214 g/mol. The first-order chi connectivity index (χ1) is 7.11. The van der Waals surface area contributed by atoms with Crippen molar-refractivity contribution in [1.29, 1.82) is 0 Å². The van der Waals surface area contributed by atoms with Crippen LogP contribution in [0.1, 0.15) is 12.8 Å². The minimum atomic E-state index is -0.288. The number of esters is 1. The van der Waals surface area contributed by atoms with Crippen LogP contribution in [0.15, 0.2) is 0 Å². The van der Waals surface area contributed by atoms with Gasteiger partial charge in [0, 0.05) is 6.42 Å². The third kappa shape index (κ3) is 4.07. The van der Waals surface area contributed by atoms with Crippen LogP contribution in [0.25, 0.3) is 0 Å². The van der Waals surface area contributed by atoms with E-state index < -0.39 is 0 Å². The Bertz CT molecular complexity index is 261. The molecule has 0 saturated carbocycles. The first-order valence-corrected chi connectivity index (χ1v) is 4.73. The number of amides is 2. The van der Waals surface area contributed by atoms with E-state index in [1.54, 1.807) is 4.90 Å². The minimum absolute atomic E-state index is 0.215. The van der Waals surface area contributed by atoms with E-state index in [0.717, 1.165) is 0 Å². The largest absolute Gasteiger partial charge is 0.469 e. The number of hydrogen-bond acceptors (Lipinski definition) is 5. The van der Waals surface area contributed by atoms with Crippen LogP contribution in [-0.2, 0) is 19.1 Å². The lowest BCUT2D eigenvalue weighted by molar-refractivity contribution is -0.140. The molecular weight excluding hydrogens is 200 g/mol. The predicted molar refractivity (Wildman–Crippen MR) is 50.8 cm³/mol. The summed E-state index contributed by atoms with van der Waals surface area (Å²) >= 11 is 0. The Morgan fingerprint density at radius 3 is 2.53 bits per heavy atom. The van der Waals surface area contributed by atoms with E-state index in [1.807, 2.05) is 0 Å². The molecule has 84 valence electrons. The molecular formula is C9H14N2O4. The minimum Gasteiger partial charge on any atom is -0.469 e. The SMILES string of the molecule is COC(=O)CCCN1CC(=O)NC(=O)C1. The summed E-state index contributed by atoms with van der Waals surface area (Å²) in [6.07, 6.45) is 0.899. The highest BCUT2D eigenvalue weighted by Gasteiger charge is 2.21. The number of nitrogens with one attached hydrogen (secondary N) is 1. The number of imide groups is 1. The van der Waals surface area contributed by atoms with Gasteiger partial charge in [-0.15, -0.1) is 0 Å². The summed E-state index contributed by atoms with van der Waals surface area (Å²) < 4.78 is 4.48. The molecule has 2 amide bonds. The second-order valence-corrected chi connectivity index (χ2v) is 3.36. The van der Waals surface area contributed by atoms with E-state index in [4.69, 9.17) is 0 Å². The molecule has 15 heavy (non-hydrogen) atoms. The summed E-state index contributed by atoms with van der Waals surface area (Å²) in [5.41, 5.74) is 0. The van der Waals surface area contributed by atoms with Gasteiger partial charge in [-0.05, 0) is 13.0 Å². The van der Waals surface area contributed by atoms with Crippen molar-refractivity contribution in [2.45, 2.75) is 12.8 Å². The molecule has 0 spiro atoms. The second kappa shape index (κ2) is 5.45. The summed E-state index contributed by atoms with van der Waals surface area (Å²) in [6.45, 7) is 0.980. The van der Waals surface area contributed by atoms with Gasteiger partial charge in [-0.25, -0.2) is 0 Å². The summed E-state index contributed by atoms with van der Waals surface area (Å²) in [5, 5.41) is 2.21. The molecule has 0 atom stereocenters. The molecule has 0 aromatic carbocycles. The standard InChI is InChI=1S/C9H14N2O4/c1-15-9(14)3-2-4-11-5-7(12)10-8(13)6-11/h2-6H2,1H3,(H,10,12,13). The Balaban J connectivity index is 2.23. The van der Waals surface area contributed by atoms with Crippen LogP contribution in [0.2, 0.25) is 0 Å². The van der Waals surface area contributed by atoms with Crippen molar-refractivity contribution in [3.8, 4) is 0 Å². The van der Waals surface area contributed by atoms with Crippen molar-refractivity contribution in [2.24, 2.45) is 0 Å². The molecule has 1 fully saturated rings. The smallest absolute Gasteiger partial charge is 0.305 e. The number of piperazine rings is 1. The number of rotatable bonds is 4. The maximum absolute atomic E-state index is 11.0. The van der Waals surface area contributed by atoms with Gasteiger partial charge in [0.15, 0.2) is 0 Å². The second-order valence-electron chi connectivity index (χ2n) is 3.36. The van der Waals surface area contributed by atoms with Crippen molar-refractivity contribution in [3.05, 3.63) is 0 Å². The van der Waals surface area contributed by atoms with E-state index in [2.05, 4.69) is 10.1 Å². The van der Waals surface area contributed by atoms with Gasteiger partial charge in [-0.1, -0.05) is 0 Å². The molecule has 0 aliphatic carbocycles. The van der Waals surface area contributed by atoms with E-state index in [-0.39, 0.29) is 30.9 Å². The van der Waals surface area contributed by atoms with Gasteiger partial charge in [0.05, 0.1) is 20.2 Å². The third-order valence-electron chi connectivity index (χ3n) is 2.10. The molecule has 6 nitrogen and oxygen atoms in total. The van der Waals surface area contributed by atoms with Crippen LogP contribution < -0.4 is 5.32 Å². The lowest BCUT2D eigenvalue weighted by Crippen LogP contribution is -2.51. The molecule has 1 heterocycles. The van der Waals surface area contributed by atoms with E-state index in [1.165, 1.54) is 7.11 Å². The maximum Gasteiger partial charge on any atom is 0.305 e. The van der Waals surface area contributed by atoms with Crippen LogP contribution in [0.5, 0.6) is 0 Å². The van der Waals surface area contributed by atoms with Gasteiger partial charge < -0.3 is 4.74 Å². The fourth-order valence-electron chi connectivity index (χ4n) is 1.40. The lowest BCUT2D eigenvalue weighted by Gasteiger charge is -2.24. The molecule has 6 heteroatoms. The van der Waals surface area contributed by atoms with Gasteiger partial charge in [0.2, 0.25) is 11.8 Å². The topological polar surface area (TPSA) is 75.7 Å². The van der Waals surface area contributed by atoms with Crippen molar-refractivity contribution in [3.63, 3.8) is 0 Å². The highest BCUT2D eigenvalue weighted by atomic mass is 16.5. The zero-order chi connectivity index (χ0) is 11.3. The molecule has 1 aliphatic rings. The molecule has 1 aliphatic heterocycles. The average Bonchev–Trinajstić information content (AvgIpc) is 2.16. The zero-order valence-corrected chi connectivity index (χ0v) is 8.62. The number of carbonyl (C=O) groups is 3. The number of ether oxygens (including phenoxy) is 1. The van der Waals surface area contributed by atoms with Crippen molar-refractivity contribution >= 4 is 17.8 Å². The summed E-state index contributed by atoms with van der Waals surface area (Å²) in [6, 6.07) is 0. The van der Waals surface area contributed by atoms with Gasteiger partial charge >= 0.3 is 5.97 Å². The van der Waals surface area contributed by atoms with Gasteiger partial charge in [-0.2, -0.15) is 0 Å². The van der Waals surface area contributed by atoms with Crippen LogP contribution >= 0.6 is 0 Å². The Morgan fingerprint density at radius 1 is 1.40 bits per heavy atom. The lowest BCUT2D eigenvalue weighted by atomic mass is 10.2. The first kappa shape index (κ1) is 11.6. The quantitative estimate of drug-likeness (QED) is 0.475.